The molecule has 1 aromatic carbocycles. The number of carbonyl (C=O) groups excluding carboxylic acids is 1. The number of allylic oxidation sites excluding steroid dienone is 1. The van der Waals surface area contributed by atoms with Crippen LogP contribution < -0.4 is 4.74 Å². The van der Waals surface area contributed by atoms with Crippen LogP contribution in [0, 0.1) is 48.2 Å². The van der Waals surface area contributed by atoms with Gasteiger partial charge in [-0.3, -0.25) is 4.79 Å². The molecule has 0 bridgehead atoms. The molecule has 0 spiro atoms. The average molecular weight is 399 g/mol. The molecule has 3 aliphatic carbocycles. The second-order valence-corrected chi connectivity index (χ2v) is 9.80. The van der Waals surface area contributed by atoms with E-state index in [2.05, 4.69) is 12.7 Å². The molecule has 4 unspecified atom stereocenters. The number of hydrogen-bond donors (Lipinski definition) is 0. The highest BCUT2D eigenvalue weighted by atomic mass is 19.1. The minimum Gasteiger partial charge on any atom is -0.423 e. The van der Waals surface area contributed by atoms with E-state index in [1.165, 1.54) is 51.0 Å². The molecule has 3 saturated carbocycles. The molecule has 0 aromatic heterocycles. The molecule has 3 heteroatoms. The zero-order chi connectivity index (χ0) is 20.4. The third-order valence-electron chi connectivity index (χ3n) is 8.11. The van der Waals surface area contributed by atoms with Crippen LogP contribution in [-0.4, -0.2) is 5.97 Å². The Morgan fingerprint density at radius 3 is 2.52 bits per heavy atom. The summed E-state index contributed by atoms with van der Waals surface area (Å²) in [5.74, 6) is 2.83. The zero-order valence-corrected chi connectivity index (χ0v) is 17.7. The van der Waals surface area contributed by atoms with Crippen LogP contribution in [0.5, 0.6) is 5.75 Å². The highest BCUT2D eigenvalue weighted by Crippen LogP contribution is 2.50. The maximum Gasteiger partial charge on any atom is 0.314 e. The molecule has 1 aromatic rings. The number of ether oxygens (including phenoxy) is 1. The molecule has 0 heterocycles. The van der Waals surface area contributed by atoms with Crippen molar-refractivity contribution in [2.24, 2.45) is 35.5 Å². The topological polar surface area (TPSA) is 26.3 Å². The van der Waals surface area contributed by atoms with Gasteiger partial charge in [0.1, 0.15) is 0 Å². The van der Waals surface area contributed by atoms with E-state index >= 15 is 0 Å². The molecule has 158 valence electrons. The molecule has 4 rings (SSSR count). The summed E-state index contributed by atoms with van der Waals surface area (Å²) in [6.07, 6.45) is 14.3. The van der Waals surface area contributed by atoms with Crippen molar-refractivity contribution in [2.45, 2.75) is 71.1 Å². The Balaban J connectivity index is 1.37. The Kier molecular flexibility index (Phi) is 6.41. The Morgan fingerprint density at radius 2 is 1.79 bits per heavy atom. The van der Waals surface area contributed by atoms with Crippen molar-refractivity contribution in [3.63, 3.8) is 0 Å². The third-order valence-corrected chi connectivity index (χ3v) is 8.11. The summed E-state index contributed by atoms with van der Waals surface area (Å²) in [4.78, 5) is 12.9. The summed E-state index contributed by atoms with van der Waals surface area (Å²) in [5, 5.41) is 0. The molecule has 0 radical (unpaired) electrons. The Morgan fingerprint density at radius 1 is 1.03 bits per heavy atom. The normalized spacial score (nSPS) is 34.8. The average Bonchev–Trinajstić information content (AvgIpc) is 2.75. The highest BCUT2D eigenvalue weighted by Gasteiger charge is 2.43. The van der Waals surface area contributed by atoms with Gasteiger partial charge in [0.2, 0.25) is 0 Å². The predicted octanol–water partition coefficient (Wildman–Crippen LogP) is 6.86. The summed E-state index contributed by atoms with van der Waals surface area (Å²) in [5.41, 5.74) is 0.834. The van der Waals surface area contributed by atoms with Crippen molar-refractivity contribution < 1.29 is 13.9 Å². The number of esters is 1. The van der Waals surface area contributed by atoms with Crippen LogP contribution in [0.25, 0.3) is 0 Å². The molecule has 0 N–H and O–H groups in total. The van der Waals surface area contributed by atoms with Gasteiger partial charge in [0.15, 0.2) is 11.6 Å². The highest BCUT2D eigenvalue weighted by molar-refractivity contribution is 5.75. The number of benzene rings is 1. The predicted molar refractivity (Wildman–Crippen MR) is 114 cm³/mol. The summed E-state index contributed by atoms with van der Waals surface area (Å²) in [6, 6.07) is 4.81. The van der Waals surface area contributed by atoms with E-state index in [9.17, 15) is 9.18 Å². The van der Waals surface area contributed by atoms with Crippen molar-refractivity contribution in [3.05, 3.63) is 42.2 Å². The molecular formula is C26H35FO2. The fourth-order valence-corrected chi connectivity index (χ4v) is 6.45. The molecule has 0 saturated heterocycles. The van der Waals surface area contributed by atoms with Gasteiger partial charge in [-0.05, 0) is 106 Å². The molecule has 3 aliphatic rings. The fourth-order valence-electron chi connectivity index (χ4n) is 6.45. The number of aryl methyl sites for hydroxylation is 1. The van der Waals surface area contributed by atoms with E-state index in [1.54, 1.807) is 12.1 Å². The lowest BCUT2D eigenvalue weighted by molar-refractivity contribution is -0.144. The van der Waals surface area contributed by atoms with Crippen LogP contribution in [0.4, 0.5) is 4.39 Å². The van der Waals surface area contributed by atoms with Crippen LogP contribution in [0.15, 0.2) is 30.9 Å². The molecule has 4 atom stereocenters. The van der Waals surface area contributed by atoms with Crippen molar-refractivity contribution in [1.82, 2.24) is 0 Å². The van der Waals surface area contributed by atoms with Crippen molar-refractivity contribution >= 4 is 5.97 Å². The van der Waals surface area contributed by atoms with Gasteiger partial charge in [-0.15, -0.1) is 6.58 Å². The molecule has 2 nitrogen and oxygen atoms in total. The minimum absolute atomic E-state index is 0.0631. The van der Waals surface area contributed by atoms with E-state index in [4.69, 9.17) is 4.74 Å². The summed E-state index contributed by atoms with van der Waals surface area (Å²) < 4.78 is 19.7. The van der Waals surface area contributed by atoms with Crippen LogP contribution in [-0.2, 0) is 4.79 Å². The molecule has 29 heavy (non-hydrogen) atoms. The second kappa shape index (κ2) is 9.02. The van der Waals surface area contributed by atoms with Crippen molar-refractivity contribution in [3.8, 4) is 5.75 Å². The number of rotatable bonds is 4. The monoisotopic (exact) mass is 398 g/mol. The van der Waals surface area contributed by atoms with Crippen LogP contribution in [0.2, 0.25) is 0 Å². The Bertz CT molecular complexity index is 734. The smallest absolute Gasteiger partial charge is 0.314 e. The van der Waals surface area contributed by atoms with Crippen molar-refractivity contribution in [2.75, 3.05) is 0 Å². The van der Waals surface area contributed by atoms with Gasteiger partial charge in [-0.1, -0.05) is 25.0 Å². The molecule has 0 amide bonds. The van der Waals surface area contributed by atoms with E-state index in [-0.39, 0.29) is 17.6 Å². The number of halogens is 1. The quantitative estimate of drug-likeness (QED) is 0.314. The van der Waals surface area contributed by atoms with Gasteiger partial charge in [0, 0.05) is 0 Å². The van der Waals surface area contributed by atoms with Gasteiger partial charge in [0.25, 0.3) is 0 Å². The lowest BCUT2D eigenvalue weighted by Gasteiger charge is -2.45. The van der Waals surface area contributed by atoms with E-state index < -0.39 is 5.82 Å². The Labute approximate surface area is 174 Å². The van der Waals surface area contributed by atoms with Gasteiger partial charge in [-0.25, -0.2) is 4.39 Å². The van der Waals surface area contributed by atoms with Gasteiger partial charge in [0.05, 0.1) is 5.92 Å². The van der Waals surface area contributed by atoms with E-state index in [0.717, 1.165) is 42.6 Å². The second-order valence-electron chi connectivity index (χ2n) is 9.80. The summed E-state index contributed by atoms with van der Waals surface area (Å²) >= 11 is 0. The van der Waals surface area contributed by atoms with Crippen LogP contribution in [0.1, 0.15) is 69.8 Å². The summed E-state index contributed by atoms with van der Waals surface area (Å²) in [7, 11) is 0. The first kappa shape index (κ1) is 20.6. The minimum atomic E-state index is -0.440. The molecule has 3 fully saturated rings. The first-order chi connectivity index (χ1) is 14.0. The maximum absolute atomic E-state index is 14.1. The zero-order valence-electron chi connectivity index (χ0n) is 17.7. The Hall–Kier alpha value is -1.64. The lowest BCUT2D eigenvalue weighted by Crippen LogP contribution is -2.40. The largest absolute Gasteiger partial charge is 0.423 e. The van der Waals surface area contributed by atoms with Crippen molar-refractivity contribution in [1.29, 1.82) is 0 Å². The SMILES string of the molecule is C=CC1CCC(C2CCC3C(CCCC3C(=O)Oc3ccc(C)cc3F)C2)CC1. The maximum atomic E-state index is 14.1. The number of hydrogen-bond acceptors (Lipinski definition) is 2. The number of carbonyl (C=O) groups is 1. The van der Waals surface area contributed by atoms with E-state index in [0.29, 0.717) is 11.8 Å². The fraction of sp³-hybridized carbons (Fsp3) is 0.654. The van der Waals surface area contributed by atoms with E-state index in [1.807, 2.05) is 6.92 Å². The number of fused-ring (bicyclic) bond motifs is 1. The van der Waals surface area contributed by atoms with Crippen LogP contribution in [0.3, 0.4) is 0 Å². The van der Waals surface area contributed by atoms with Gasteiger partial charge < -0.3 is 4.74 Å². The summed E-state index contributed by atoms with van der Waals surface area (Å²) in [6.45, 7) is 5.81. The molecular weight excluding hydrogens is 363 g/mol. The van der Waals surface area contributed by atoms with Gasteiger partial charge >= 0.3 is 5.97 Å². The lowest BCUT2D eigenvalue weighted by atomic mass is 9.59. The third kappa shape index (κ3) is 4.59. The van der Waals surface area contributed by atoms with Gasteiger partial charge in [-0.2, -0.15) is 0 Å². The standard InChI is InChI=1S/C26H35FO2/c1-3-18-8-10-19(11-9-18)20-12-13-22-21(16-20)5-4-6-23(22)26(28)29-25-14-7-17(2)15-24(25)27/h3,7,14-15,18-23H,1,4-6,8-13,16H2,2H3. The first-order valence-electron chi connectivity index (χ1n) is 11.7. The molecule has 0 aliphatic heterocycles. The first-order valence-corrected chi connectivity index (χ1v) is 11.7. The van der Waals surface area contributed by atoms with Crippen LogP contribution >= 0.6 is 0 Å².